The Morgan fingerprint density at radius 2 is 1.40 bits per heavy atom. The van der Waals surface area contributed by atoms with Crippen LogP contribution in [0.3, 0.4) is 0 Å². The molecule has 0 bridgehead atoms. The Balaban J connectivity index is 2.12. The van der Waals surface area contributed by atoms with Gasteiger partial charge in [-0.25, -0.2) is 4.98 Å². The first-order valence-electron chi connectivity index (χ1n) is 7.55. The number of ether oxygens (including phenoxy) is 2. The molecule has 4 nitrogen and oxygen atoms in total. The summed E-state index contributed by atoms with van der Waals surface area (Å²) in [4.78, 5) is 4.52. The van der Waals surface area contributed by atoms with Crippen molar-refractivity contribution >= 4 is 15.9 Å². The lowest BCUT2D eigenvalue weighted by Crippen LogP contribution is -1.94. The van der Waals surface area contributed by atoms with E-state index in [0.717, 1.165) is 33.9 Å². The summed E-state index contributed by atoms with van der Waals surface area (Å²) in [5.74, 6) is 1.55. The molecule has 0 N–H and O–H groups in total. The predicted octanol–water partition coefficient (Wildman–Crippen LogP) is 5.07. The highest BCUT2D eigenvalue weighted by Crippen LogP contribution is 2.33. The molecule has 0 saturated heterocycles. The van der Waals surface area contributed by atoms with Crippen LogP contribution >= 0.6 is 15.9 Å². The summed E-state index contributed by atoms with van der Waals surface area (Å²) in [6.45, 7) is 0. The van der Waals surface area contributed by atoms with Crippen molar-refractivity contribution in [3.63, 3.8) is 0 Å². The van der Waals surface area contributed by atoms with Gasteiger partial charge in [0.25, 0.3) is 0 Å². The predicted molar refractivity (Wildman–Crippen MR) is 101 cm³/mol. The zero-order chi connectivity index (χ0) is 17.8. The maximum absolute atomic E-state index is 9.53. The monoisotopic (exact) mass is 394 g/mol. The molecule has 3 aromatic rings. The Kier molecular flexibility index (Phi) is 5.01. The van der Waals surface area contributed by atoms with E-state index >= 15 is 0 Å². The summed E-state index contributed by atoms with van der Waals surface area (Å²) in [6, 6.07) is 19.4. The summed E-state index contributed by atoms with van der Waals surface area (Å²) < 4.78 is 10.9. The molecule has 0 amide bonds. The molecule has 0 spiro atoms. The van der Waals surface area contributed by atoms with Gasteiger partial charge in [-0.3, -0.25) is 0 Å². The standard InChI is InChI=1S/C20H15BrN2O2/c1-24-15-7-3-13(4-8-15)17-11-19(23-20(21)18(17)12-22)14-5-9-16(25-2)10-6-14/h3-11H,1-2H3. The number of halogens is 1. The largest absolute Gasteiger partial charge is 0.497 e. The fraction of sp³-hybridized carbons (Fsp3) is 0.100. The minimum absolute atomic E-state index is 0.502. The molecule has 0 aliphatic heterocycles. The molecule has 0 radical (unpaired) electrons. The average Bonchev–Trinajstić information content (AvgIpc) is 2.67. The van der Waals surface area contributed by atoms with Crippen LogP contribution in [-0.2, 0) is 0 Å². The molecule has 0 aliphatic carbocycles. The number of hydrogen-bond acceptors (Lipinski definition) is 4. The first-order chi connectivity index (χ1) is 12.2. The van der Waals surface area contributed by atoms with Crippen molar-refractivity contribution < 1.29 is 9.47 Å². The van der Waals surface area contributed by atoms with E-state index in [4.69, 9.17) is 9.47 Å². The molecule has 0 saturated carbocycles. The molecule has 0 aliphatic rings. The first-order valence-corrected chi connectivity index (χ1v) is 8.35. The molecule has 1 heterocycles. The van der Waals surface area contributed by atoms with Crippen LogP contribution < -0.4 is 9.47 Å². The quantitative estimate of drug-likeness (QED) is 0.579. The van der Waals surface area contributed by atoms with E-state index in [2.05, 4.69) is 27.0 Å². The normalized spacial score (nSPS) is 10.2. The van der Waals surface area contributed by atoms with E-state index < -0.39 is 0 Å². The Morgan fingerprint density at radius 3 is 1.88 bits per heavy atom. The molecule has 1 aromatic heterocycles. The number of methoxy groups -OCH3 is 2. The lowest BCUT2D eigenvalue weighted by molar-refractivity contribution is 0.415. The summed E-state index contributed by atoms with van der Waals surface area (Å²) in [5.41, 5.74) is 3.97. The number of nitriles is 1. The van der Waals surface area contributed by atoms with E-state index in [1.165, 1.54) is 0 Å². The third-order valence-corrected chi connectivity index (χ3v) is 4.45. The number of pyridine rings is 1. The summed E-state index contributed by atoms with van der Waals surface area (Å²) in [5, 5.41) is 9.53. The van der Waals surface area contributed by atoms with E-state index in [0.29, 0.717) is 10.2 Å². The fourth-order valence-electron chi connectivity index (χ4n) is 2.53. The van der Waals surface area contributed by atoms with Gasteiger partial charge in [0.2, 0.25) is 0 Å². The fourth-order valence-corrected chi connectivity index (χ4v) is 3.02. The van der Waals surface area contributed by atoms with Crippen LogP contribution in [0.15, 0.2) is 59.2 Å². The SMILES string of the molecule is COc1ccc(-c2cc(-c3ccc(OC)cc3)c(C#N)c(Br)n2)cc1. The summed E-state index contributed by atoms with van der Waals surface area (Å²) in [6.07, 6.45) is 0. The van der Waals surface area contributed by atoms with Crippen molar-refractivity contribution in [2.24, 2.45) is 0 Å². The third kappa shape index (κ3) is 3.49. The highest BCUT2D eigenvalue weighted by atomic mass is 79.9. The Labute approximate surface area is 154 Å². The van der Waals surface area contributed by atoms with Crippen LogP contribution in [0, 0.1) is 11.3 Å². The van der Waals surface area contributed by atoms with Crippen molar-refractivity contribution in [1.29, 1.82) is 5.26 Å². The molecule has 25 heavy (non-hydrogen) atoms. The van der Waals surface area contributed by atoms with Crippen LogP contribution in [0.2, 0.25) is 0 Å². The Morgan fingerprint density at radius 1 is 0.880 bits per heavy atom. The van der Waals surface area contributed by atoms with Gasteiger partial charge < -0.3 is 9.47 Å². The highest BCUT2D eigenvalue weighted by Gasteiger charge is 2.14. The number of nitrogens with zero attached hydrogens (tertiary/aromatic N) is 2. The Bertz CT molecular complexity index is 930. The summed E-state index contributed by atoms with van der Waals surface area (Å²) >= 11 is 3.43. The van der Waals surface area contributed by atoms with Crippen molar-refractivity contribution in [2.75, 3.05) is 14.2 Å². The maximum Gasteiger partial charge on any atom is 0.125 e. The number of hydrogen-bond donors (Lipinski definition) is 0. The van der Waals surface area contributed by atoms with E-state index in [1.807, 2.05) is 54.6 Å². The zero-order valence-corrected chi connectivity index (χ0v) is 15.4. The van der Waals surface area contributed by atoms with Gasteiger partial charge in [-0.2, -0.15) is 5.26 Å². The Hall–Kier alpha value is -2.84. The average molecular weight is 395 g/mol. The second kappa shape index (κ2) is 7.37. The van der Waals surface area contributed by atoms with Crippen LogP contribution in [0.5, 0.6) is 11.5 Å². The van der Waals surface area contributed by atoms with Gasteiger partial charge in [0.1, 0.15) is 22.2 Å². The molecule has 5 heteroatoms. The molecule has 0 unspecified atom stereocenters. The molecular formula is C20H15BrN2O2. The topological polar surface area (TPSA) is 55.1 Å². The second-order valence-electron chi connectivity index (χ2n) is 5.29. The molecular weight excluding hydrogens is 380 g/mol. The van der Waals surface area contributed by atoms with Crippen molar-refractivity contribution in [3.05, 3.63) is 64.8 Å². The van der Waals surface area contributed by atoms with Crippen LogP contribution in [0.1, 0.15) is 5.56 Å². The van der Waals surface area contributed by atoms with Gasteiger partial charge in [0, 0.05) is 11.1 Å². The molecule has 2 aromatic carbocycles. The third-order valence-electron chi connectivity index (χ3n) is 3.87. The van der Waals surface area contributed by atoms with Gasteiger partial charge in [0.15, 0.2) is 0 Å². The van der Waals surface area contributed by atoms with E-state index in [1.54, 1.807) is 14.2 Å². The highest BCUT2D eigenvalue weighted by molar-refractivity contribution is 9.10. The smallest absolute Gasteiger partial charge is 0.125 e. The maximum atomic E-state index is 9.53. The first kappa shape index (κ1) is 17.0. The van der Waals surface area contributed by atoms with Crippen molar-refractivity contribution in [3.8, 4) is 40.0 Å². The number of aromatic nitrogens is 1. The minimum Gasteiger partial charge on any atom is -0.497 e. The number of benzene rings is 2. The van der Waals surface area contributed by atoms with E-state index in [9.17, 15) is 5.26 Å². The molecule has 0 fully saturated rings. The molecule has 124 valence electrons. The van der Waals surface area contributed by atoms with Crippen LogP contribution in [0.4, 0.5) is 0 Å². The molecule has 3 rings (SSSR count). The second-order valence-corrected chi connectivity index (χ2v) is 6.04. The van der Waals surface area contributed by atoms with E-state index in [-0.39, 0.29) is 0 Å². The number of rotatable bonds is 4. The lowest BCUT2D eigenvalue weighted by Gasteiger charge is -2.11. The van der Waals surface area contributed by atoms with Crippen molar-refractivity contribution in [2.45, 2.75) is 0 Å². The van der Waals surface area contributed by atoms with Gasteiger partial charge >= 0.3 is 0 Å². The molecule has 0 atom stereocenters. The summed E-state index contributed by atoms with van der Waals surface area (Å²) in [7, 11) is 3.26. The van der Waals surface area contributed by atoms with Gasteiger partial charge in [-0.1, -0.05) is 12.1 Å². The van der Waals surface area contributed by atoms with Gasteiger partial charge in [-0.05, 0) is 64.0 Å². The lowest BCUT2D eigenvalue weighted by atomic mass is 9.99. The van der Waals surface area contributed by atoms with Crippen LogP contribution in [-0.4, -0.2) is 19.2 Å². The van der Waals surface area contributed by atoms with Gasteiger partial charge in [-0.15, -0.1) is 0 Å². The van der Waals surface area contributed by atoms with Gasteiger partial charge in [0.05, 0.1) is 25.5 Å². The zero-order valence-electron chi connectivity index (χ0n) is 13.8. The van der Waals surface area contributed by atoms with Crippen LogP contribution in [0.25, 0.3) is 22.4 Å². The van der Waals surface area contributed by atoms with Crippen molar-refractivity contribution in [1.82, 2.24) is 4.98 Å². The minimum atomic E-state index is 0.502.